The van der Waals surface area contributed by atoms with Crippen molar-refractivity contribution < 1.29 is 18.4 Å². The lowest BCUT2D eigenvalue weighted by atomic mass is 10.1. The first kappa shape index (κ1) is 20.1. The van der Waals surface area contributed by atoms with Gasteiger partial charge in [-0.15, -0.1) is 5.10 Å². The molecule has 2 heterocycles. The van der Waals surface area contributed by atoms with Crippen molar-refractivity contribution in [3.05, 3.63) is 82.7 Å². The second-order valence-corrected chi connectivity index (χ2v) is 6.81. The number of nitrogens with two attached hydrogens (primary N) is 1. The Balaban J connectivity index is 1.66. The van der Waals surface area contributed by atoms with Gasteiger partial charge in [-0.1, -0.05) is 23.4 Å². The van der Waals surface area contributed by atoms with E-state index in [1.54, 1.807) is 25.1 Å². The van der Waals surface area contributed by atoms with Gasteiger partial charge in [0.15, 0.2) is 5.82 Å². The number of fused-ring (bicyclic) bond motifs is 1. The summed E-state index contributed by atoms with van der Waals surface area (Å²) >= 11 is 0. The molecule has 0 saturated carbocycles. The number of hydrogen-bond donors (Lipinski definition) is 2. The fourth-order valence-electron chi connectivity index (χ4n) is 3.10. The lowest BCUT2D eigenvalue weighted by molar-refractivity contribution is 0.0996. The summed E-state index contributed by atoms with van der Waals surface area (Å²) in [6.45, 7) is 1.80. The Labute approximate surface area is 174 Å². The van der Waals surface area contributed by atoms with Crippen LogP contribution in [0.5, 0.6) is 0 Å². The number of anilines is 1. The zero-order valence-electron chi connectivity index (χ0n) is 16.3. The monoisotopic (exact) mass is 422 g/mol. The molecular formula is C21H16F2N6O2. The molecule has 156 valence electrons. The first-order chi connectivity index (χ1) is 14.8. The van der Waals surface area contributed by atoms with Crippen molar-refractivity contribution in [2.75, 3.05) is 5.32 Å². The molecule has 0 aliphatic heterocycles. The third-order valence-corrected chi connectivity index (χ3v) is 4.76. The fourth-order valence-corrected chi connectivity index (χ4v) is 3.10. The number of carbonyl (C=O) groups is 2. The standard InChI is InChI=1S/C21H16F2N6O2/c1-11-20(27-28-29(11)10-12-4-2-3-5-16(12)23)26-21(31)15-9-18(19(24)30)25-17-8-13(22)6-7-14(15)17/h2-9H,10H2,1H3,(H2,24,30)(H,26,31). The Morgan fingerprint density at radius 3 is 2.65 bits per heavy atom. The Morgan fingerprint density at radius 2 is 1.90 bits per heavy atom. The molecule has 31 heavy (non-hydrogen) atoms. The topological polar surface area (TPSA) is 116 Å². The van der Waals surface area contributed by atoms with Gasteiger partial charge < -0.3 is 11.1 Å². The minimum absolute atomic E-state index is 0.0712. The van der Waals surface area contributed by atoms with Gasteiger partial charge in [0.25, 0.3) is 11.8 Å². The number of carbonyl (C=O) groups excluding carboxylic acids is 2. The zero-order valence-corrected chi connectivity index (χ0v) is 16.3. The van der Waals surface area contributed by atoms with Gasteiger partial charge in [-0.25, -0.2) is 18.4 Å². The molecule has 8 nitrogen and oxygen atoms in total. The van der Waals surface area contributed by atoms with Crippen molar-refractivity contribution in [1.82, 2.24) is 20.0 Å². The number of nitrogens with zero attached hydrogens (tertiary/aromatic N) is 4. The van der Waals surface area contributed by atoms with Crippen LogP contribution in [0.1, 0.15) is 32.1 Å². The third-order valence-electron chi connectivity index (χ3n) is 4.76. The highest BCUT2D eigenvalue weighted by molar-refractivity contribution is 6.13. The minimum Gasteiger partial charge on any atom is -0.364 e. The Morgan fingerprint density at radius 1 is 1.13 bits per heavy atom. The normalized spacial score (nSPS) is 10.9. The van der Waals surface area contributed by atoms with E-state index in [4.69, 9.17) is 5.73 Å². The molecule has 4 aromatic rings. The molecule has 3 N–H and O–H groups in total. The maximum atomic E-state index is 13.9. The van der Waals surface area contributed by atoms with Crippen LogP contribution in [0.4, 0.5) is 14.6 Å². The van der Waals surface area contributed by atoms with Crippen molar-refractivity contribution in [3.63, 3.8) is 0 Å². The molecule has 2 amide bonds. The lowest BCUT2D eigenvalue weighted by Crippen LogP contribution is -2.18. The molecule has 0 bridgehead atoms. The van der Waals surface area contributed by atoms with Crippen LogP contribution in [0.2, 0.25) is 0 Å². The van der Waals surface area contributed by atoms with Crippen LogP contribution < -0.4 is 11.1 Å². The molecule has 0 unspecified atom stereocenters. The van der Waals surface area contributed by atoms with Crippen molar-refractivity contribution in [2.45, 2.75) is 13.5 Å². The van der Waals surface area contributed by atoms with Crippen molar-refractivity contribution in [3.8, 4) is 0 Å². The summed E-state index contributed by atoms with van der Waals surface area (Å²) in [7, 11) is 0. The first-order valence-electron chi connectivity index (χ1n) is 9.18. The van der Waals surface area contributed by atoms with Crippen LogP contribution in [-0.2, 0) is 6.54 Å². The average Bonchev–Trinajstić information content (AvgIpc) is 3.07. The maximum absolute atomic E-state index is 13.9. The number of aromatic nitrogens is 4. The summed E-state index contributed by atoms with van der Waals surface area (Å²) < 4.78 is 29.0. The van der Waals surface area contributed by atoms with Gasteiger partial charge in [-0.2, -0.15) is 0 Å². The van der Waals surface area contributed by atoms with Crippen LogP contribution in [0.3, 0.4) is 0 Å². The Hall–Kier alpha value is -4.21. The van der Waals surface area contributed by atoms with Crippen LogP contribution in [0.25, 0.3) is 10.9 Å². The predicted molar refractivity (Wildman–Crippen MR) is 108 cm³/mol. The smallest absolute Gasteiger partial charge is 0.267 e. The highest BCUT2D eigenvalue weighted by Crippen LogP contribution is 2.22. The molecule has 0 aliphatic carbocycles. The lowest BCUT2D eigenvalue weighted by Gasteiger charge is -2.09. The molecule has 10 heteroatoms. The van der Waals surface area contributed by atoms with Crippen LogP contribution in [-0.4, -0.2) is 31.8 Å². The van der Waals surface area contributed by atoms with Gasteiger partial charge in [0.2, 0.25) is 0 Å². The highest BCUT2D eigenvalue weighted by atomic mass is 19.1. The number of halogens is 2. The van der Waals surface area contributed by atoms with Gasteiger partial charge >= 0.3 is 0 Å². The van der Waals surface area contributed by atoms with Gasteiger partial charge in [0.1, 0.15) is 17.3 Å². The van der Waals surface area contributed by atoms with E-state index in [2.05, 4.69) is 20.6 Å². The predicted octanol–water partition coefficient (Wildman–Crippen LogP) is 2.81. The van der Waals surface area contributed by atoms with Gasteiger partial charge in [-0.05, 0) is 31.2 Å². The van der Waals surface area contributed by atoms with Crippen LogP contribution in [0, 0.1) is 18.6 Å². The fraction of sp³-hybridized carbons (Fsp3) is 0.0952. The summed E-state index contributed by atoms with van der Waals surface area (Å²) in [4.78, 5) is 28.5. The average molecular weight is 422 g/mol. The molecule has 0 atom stereocenters. The van der Waals surface area contributed by atoms with E-state index in [0.29, 0.717) is 16.6 Å². The summed E-state index contributed by atoms with van der Waals surface area (Å²) in [5.41, 5.74) is 6.21. The number of amides is 2. The molecule has 0 spiro atoms. The van der Waals surface area contributed by atoms with Crippen molar-refractivity contribution in [1.29, 1.82) is 0 Å². The molecule has 0 fully saturated rings. The molecule has 2 aromatic heterocycles. The maximum Gasteiger partial charge on any atom is 0.267 e. The van der Waals surface area contributed by atoms with Gasteiger partial charge in [0, 0.05) is 17.0 Å². The van der Waals surface area contributed by atoms with E-state index in [9.17, 15) is 18.4 Å². The van der Waals surface area contributed by atoms with E-state index >= 15 is 0 Å². The van der Waals surface area contributed by atoms with Crippen LogP contribution >= 0.6 is 0 Å². The number of rotatable bonds is 5. The van der Waals surface area contributed by atoms with E-state index in [1.807, 2.05) is 0 Å². The number of nitrogens with one attached hydrogen (secondary N) is 1. The highest BCUT2D eigenvalue weighted by Gasteiger charge is 2.19. The van der Waals surface area contributed by atoms with Crippen LogP contribution in [0.15, 0.2) is 48.5 Å². The third kappa shape index (κ3) is 3.95. The number of hydrogen-bond acceptors (Lipinski definition) is 5. The minimum atomic E-state index is -0.854. The second-order valence-electron chi connectivity index (χ2n) is 6.81. The summed E-state index contributed by atoms with van der Waals surface area (Å²) in [5, 5.41) is 10.9. The van der Waals surface area contributed by atoms with Gasteiger partial charge in [-0.3, -0.25) is 9.59 Å². The molecule has 4 rings (SSSR count). The Kier molecular flexibility index (Phi) is 5.12. The van der Waals surface area contributed by atoms with E-state index < -0.39 is 17.6 Å². The molecule has 2 aromatic carbocycles. The van der Waals surface area contributed by atoms with Gasteiger partial charge in [0.05, 0.1) is 23.3 Å². The molecule has 0 saturated heterocycles. The SMILES string of the molecule is Cc1c(NC(=O)c2cc(C(N)=O)nc3cc(F)ccc23)nnn1Cc1ccccc1F. The van der Waals surface area contributed by atoms with E-state index in [0.717, 1.165) is 6.07 Å². The summed E-state index contributed by atoms with van der Waals surface area (Å²) in [5.74, 6) is -2.25. The molecular weight excluding hydrogens is 406 g/mol. The molecule has 0 aliphatic rings. The zero-order chi connectivity index (χ0) is 22.1. The van der Waals surface area contributed by atoms with Crippen molar-refractivity contribution in [2.24, 2.45) is 5.73 Å². The summed E-state index contributed by atoms with van der Waals surface area (Å²) in [6, 6.07) is 11.2. The number of primary amides is 1. The second kappa shape index (κ2) is 7.90. The quantitative estimate of drug-likeness (QED) is 0.513. The number of benzene rings is 2. The van der Waals surface area contributed by atoms with Crippen molar-refractivity contribution >= 4 is 28.5 Å². The molecule has 0 radical (unpaired) electrons. The van der Waals surface area contributed by atoms with E-state index in [1.165, 1.54) is 28.9 Å². The first-order valence-corrected chi connectivity index (χ1v) is 9.18. The van der Waals surface area contributed by atoms with E-state index in [-0.39, 0.29) is 35.0 Å². The number of pyridine rings is 1. The summed E-state index contributed by atoms with van der Waals surface area (Å²) in [6.07, 6.45) is 0. The largest absolute Gasteiger partial charge is 0.364 e. The Bertz CT molecular complexity index is 1330.